The minimum atomic E-state index is -0.321. The Morgan fingerprint density at radius 3 is 1.64 bits per heavy atom. The van der Waals surface area contributed by atoms with Crippen molar-refractivity contribution in [2.24, 2.45) is 0 Å². The minimum Gasteiger partial charge on any atom is -0.493 e. The van der Waals surface area contributed by atoms with Crippen LogP contribution in [0.5, 0.6) is 17.2 Å². The zero-order chi connectivity index (χ0) is 23.8. The van der Waals surface area contributed by atoms with E-state index in [1.165, 1.54) is 45.6 Å². The number of carbonyl (C=O) groups excluding carboxylic acids is 2. The molecule has 0 unspecified atom stereocenters. The lowest BCUT2D eigenvalue weighted by molar-refractivity contribution is -0.133. The Kier molecular flexibility index (Phi) is 8.07. The fraction of sp³-hybridized carbons (Fsp3) is 0.280. The van der Waals surface area contributed by atoms with Gasteiger partial charge in [0.05, 0.1) is 21.3 Å². The quantitative estimate of drug-likeness (QED) is 0.601. The Bertz CT molecular complexity index is 1020. The van der Waals surface area contributed by atoms with Crippen LogP contribution in [0.4, 0.5) is 4.39 Å². The number of piperazine rings is 1. The SMILES string of the molecule is COc1cc(/C=C/C(=O)N2CCN(C(=O)/C=C/c3ccc(F)cc3)CC2)cc(OC)c1OC. The summed E-state index contributed by atoms with van der Waals surface area (Å²) in [5, 5.41) is 0. The van der Waals surface area contributed by atoms with Gasteiger partial charge in [0, 0.05) is 38.3 Å². The lowest BCUT2D eigenvalue weighted by Crippen LogP contribution is -2.49. The molecule has 1 aliphatic heterocycles. The van der Waals surface area contributed by atoms with Crippen LogP contribution in [0.2, 0.25) is 0 Å². The molecule has 0 atom stereocenters. The van der Waals surface area contributed by atoms with Gasteiger partial charge in [-0.3, -0.25) is 9.59 Å². The van der Waals surface area contributed by atoms with E-state index in [2.05, 4.69) is 0 Å². The van der Waals surface area contributed by atoms with Crippen LogP contribution in [-0.2, 0) is 9.59 Å². The van der Waals surface area contributed by atoms with E-state index in [4.69, 9.17) is 14.2 Å². The third-order valence-corrected chi connectivity index (χ3v) is 5.30. The number of nitrogens with zero attached hydrogens (tertiary/aromatic N) is 2. The van der Waals surface area contributed by atoms with Crippen LogP contribution < -0.4 is 14.2 Å². The van der Waals surface area contributed by atoms with Crippen molar-refractivity contribution in [1.82, 2.24) is 9.80 Å². The second kappa shape index (κ2) is 11.2. The number of hydrogen-bond acceptors (Lipinski definition) is 5. The van der Waals surface area contributed by atoms with Gasteiger partial charge in [-0.15, -0.1) is 0 Å². The summed E-state index contributed by atoms with van der Waals surface area (Å²) in [6.07, 6.45) is 6.30. The summed E-state index contributed by atoms with van der Waals surface area (Å²) in [6, 6.07) is 9.43. The number of ether oxygens (including phenoxy) is 3. The predicted molar refractivity (Wildman–Crippen MR) is 124 cm³/mol. The maximum Gasteiger partial charge on any atom is 0.246 e. The molecule has 0 saturated carbocycles. The third-order valence-electron chi connectivity index (χ3n) is 5.30. The second-order valence-electron chi connectivity index (χ2n) is 7.33. The zero-order valence-corrected chi connectivity index (χ0v) is 18.9. The van der Waals surface area contributed by atoms with Crippen molar-refractivity contribution in [3.8, 4) is 17.2 Å². The molecule has 1 saturated heterocycles. The van der Waals surface area contributed by atoms with Crippen molar-refractivity contribution >= 4 is 24.0 Å². The number of hydrogen-bond donors (Lipinski definition) is 0. The Hall–Kier alpha value is -3.81. The molecule has 0 spiro atoms. The first-order chi connectivity index (χ1) is 15.9. The molecule has 2 amide bonds. The maximum atomic E-state index is 13.0. The van der Waals surface area contributed by atoms with Gasteiger partial charge in [-0.05, 0) is 47.5 Å². The summed E-state index contributed by atoms with van der Waals surface area (Å²) in [5.74, 6) is 0.892. The molecule has 7 nitrogen and oxygen atoms in total. The molecule has 33 heavy (non-hydrogen) atoms. The van der Waals surface area contributed by atoms with Gasteiger partial charge in [0.25, 0.3) is 0 Å². The smallest absolute Gasteiger partial charge is 0.246 e. The van der Waals surface area contributed by atoms with Gasteiger partial charge in [-0.2, -0.15) is 0 Å². The van der Waals surface area contributed by atoms with Crippen molar-refractivity contribution in [3.63, 3.8) is 0 Å². The maximum absolute atomic E-state index is 13.0. The van der Waals surface area contributed by atoms with E-state index in [0.717, 1.165) is 11.1 Å². The monoisotopic (exact) mass is 454 g/mol. The average molecular weight is 454 g/mol. The molecular formula is C25H27FN2O5. The molecule has 1 fully saturated rings. The highest BCUT2D eigenvalue weighted by Crippen LogP contribution is 2.38. The van der Waals surface area contributed by atoms with Gasteiger partial charge in [0.1, 0.15) is 5.82 Å². The Balaban J connectivity index is 1.56. The van der Waals surface area contributed by atoms with Crippen molar-refractivity contribution in [1.29, 1.82) is 0 Å². The number of rotatable bonds is 7. The Morgan fingerprint density at radius 2 is 1.21 bits per heavy atom. The van der Waals surface area contributed by atoms with E-state index < -0.39 is 0 Å². The van der Waals surface area contributed by atoms with Gasteiger partial charge < -0.3 is 24.0 Å². The fourth-order valence-corrected chi connectivity index (χ4v) is 3.46. The Morgan fingerprint density at radius 1 is 0.758 bits per heavy atom. The Labute approximate surface area is 192 Å². The van der Waals surface area contributed by atoms with Crippen LogP contribution in [0.3, 0.4) is 0 Å². The fourth-order valence-electron chi connectivity index (χ4n) is 3.46. The van der Waals surface area contributed by atoms with Crippen molar-refractivity contribution in [3.05, 3.63) is 65.5 Å². The minimum absolute atomic E-state index is 0.139. The molecule has 2 aromatic rings. The van der Waals surface area contributed by atoms with Crippen LogP contribution in [0.1, 0.15) is 11.1 Å². The normalized spacial score (nSPS) is 14.1. The van der Waals surface area contributed by atoms with Gasteiger partial charge in [0.2, 0.25) is 17.6 Å². The zero-order valence-electron chi connectivity index (χ0n) is 18.9. The molecule has 8 heteroatoms. The summed E-state index contributed by atoms with van der Waals surface area (Å²) < 4.78 is 29.0. The van der Waals surface area contributed by atoms with Crippen molar-refractivity contribution < 1.29 is 28.2 Å². The van der Waals surface area contributed by atoms with Crippen LogP contribution in [-0.4, -0.2) is 69.1 Å². The van der Waals surface area contributed by atoms with Crippen LogP contribution in [0, 0.1) is 5.82 Å². The van der Waals surface area contributed by atoms with E-state index >= 15 is 0 Å². The molecule has 0 N–H and O–H groups in total. The van der Waals surface area contributed by atoms with Crippen molar-refractivity contribution in [2.45, 2.75) is 0 Å². The third kappa shape index (κ3) is 6.12. The average Bonchev–Trinajstić information content (AvgIpc) is 2.86. The first-order valence-corrected chi connectivity index (χ1v) is 10.4. The number of halogens is 1. The first kappa shape index (κ1) is 23.8. The highest BCUT2D eigenvalue weighted by atomic mass is 19.1. The molecule has 1 aliphatic rings. The summed E-state index contributed by atoms with van der Waals surface area (Å²) in [4.78, 5) is 28.4. The number of benzene rings is 2. The van der Waals surface area contributed by atoms with Crippen LogP contribution in [0.15, 0.2) is 48.6 Å². The van der Waals surface area contributed by atoms with Gasteiger partial charge in [0.15, 0.2) is 11.5 Å². The van der Waals surface area contributed by atoms with Gasteiger partial charge >= 0.3 is 0 Å². The molecule has 3 rings (SSSR count). The largest absolute Gasteiger partial charge is 0.493 e. The lowest BCUT2D eigenvalue weighted by atomic mass is 10.1. The van der Waals surface area contributed by atoms with Gasteiger partial charge in [-0.25, -0.2) is 4.39 Å². The molecule has 174 valence electrons. The molecule has 0 bridgehead atoms. The number of amides is 2. The molecule has 0 aromatic heterocycles. The van der Waals surface area contributed by atoms with Crippen LogP contribution in [0.25, 0.3) is 12.2 Å². The summed E-state index contributed by atoms with van der Waals surface area (Å²) >= 11 is 0. The summed E-state index contributed by atoms with van der Waals surface area (Å²) in [7, 11) is 4.60. The molecule has 0 radical (unpaired) electrons. The highest BCUT2D eigenvalue weighted by molar-refractivity contribution is 5.93. The van der Waals surface area contributed by atoms with Gasteiger partial charge in [-0.1, -0.05) is 12.1 Å². The molecule has 2 aromatic carbocycles. The highest BCUT2D eigenvalue weighted by Gasteiger charge is 2.22. The standard InChI is InChI=1S/C25H27FN2O5/c1-31-21-16-19(17-22(32-2)25(21)33-3)7-11-24(30)28-14-12-27(13-15-28)23(29)10-6-18-4-8-20(26)9-5-18/h4-11,16-17H,12-15H2,1-3H3/b10-6+,11-7+. The molecule has 0 aliphatic carbocycles. The van der Waals surface area contributed by atoms with E-state index in [1.807, 2.05) is 0 Å². The predicted octanol–water partition coefficient (Wildman–Crippen LogP) is 3.25. The van der Waals surface area contributed by atoms with Crippen LogP contribution >= 0.6 is 0 Å². The molecule has 1 heterocycles. The summed E-state index contributed by atoms with van der Waals surface area (Å²) in [6.45, 7) is 1.76. The van der Waals surface area contributed by atoms with E-state index in [0.29, 0.717) is 43.4 Å². The number of methoxy groups -OCH3 is 3. The second-order valence-corrected chi connectivity index (χ2v) is 7.33. The van der Waals surface area contributed by atoms with E-state index in [-0.39, 0.29) is 17.6 Å². The lowest BCUT2D eigenvalue weighted by Gasteiger charge is -2.33. The van der Waals surface area contributed by atoms with E-state index in [9.17, 15) is 14.0 Å². The summed E-state index contributed by atoms with van der Waals surface area (Å²) in [5.41, 5.74) is 1.48. The molecular weight excluding hydrogens is 427 g/mol. The van der Waals surface area contributed by atoms with E-state index in [1.54, 1.807) is 46.2 Å². The van der Waals surface area contributed by atoms with Crippen molar-refractivity contribution in [2.75, 3.05) is 47.5 Å². The number of carbonyl (C=O) groups is 2. The first-order valence-electron chi connectivity index (χ1n) is 10.4. The topological polar surface area (TPSA) is 68.3 Å².